The summed E-state index contributed by atoms with van der Waals surface area (Å²) in [7, 11) is 0. The van der Waals surface area contributed by atoms with Crippen LogP contribution < -0.4 is 37.6 Å². The summed E-state index contributed by atoms with van der Waals surface area (Å²) in [5.41, 5.74) is 8.96. The molecule has 1 fully saturated rings. The molecule has 8 heteroatoms. The van der Waals surface area contributed by atoms with Crippen molar-refractivity contribution in [1.82, 2.24) is 26.6 Å². The fourth-order valence-corrected chi connectivity index (χ4v) is 3.36. The van der Waals surface area contributed by atoms with Gasteiger partial charge in [-0.15, -0.1) is 0 Å². The number of anilines is 1. The van der Waals surface area contributed by atoms with E-state index in [0.29, 0.717) is 6.54 Å². The van der Waals surface area contributed by atoms with Crippen LogP contribution in [-0.2, 0) is 13.0 Å². The molecule has 1 saturated heterocycles. The Kier molecular flexibility index (Phi) is 6.22. The maximum Gasteiger partial charge on any atom is 0.321 e. The van der Waals surface area contributed by atoms with E-state index in [1.807, 2.05) is 6.07 Å². The van der Waals surface area contributed by atoms with Gasteiger partial charge in [0, 0.05) is 31.4 Å². The van der Waals surface area contributed by atoms with Crippen LogP contribution in [0.4, 0.5) is 10.5 Å². The second-order valence-corrected chi connectivity index (χ2v) is 6.71. The van der Waals surface area contributed by atoms with Gasteiger partial charge in [-0.25, -0.2) is 4.79 Å². The Bertz CT molecular complexity index is 594. The van der Waals surface area contributed by atoms with Gasteiger partial charge in [-0.3, -0.25) is 10.6 Å². The second kappa shape index (κ2) is 8.59. The minimum Gasteiger partial charge on any atom is -0.329 e. The fraction of sp³-hybridized carbons (Fsp3) is 0.588. The normalized spacial score (nSPS) is 25.9. The number of nitrogens with two attached hydrogens (primary N) is 1. The summed E-state index contributed by atoms with van der Waals surface area (Å²) in [4.78, 5) is 12.3. The molecule has 2 amide bonds. The lowest BCUT2D eigenvalue weighted by atomic mass is 10.0. The van der Waals surface area contributed by atoms with Gasteiger partial charge in [-0.05, 0) is 49.6 Å². The van der Waals surface area contributed by atoms with Gasteiger partial charge < -0.3 is 27.0 Å². The van der Waals surface area contributed by atoms with Crippen LogP contribution in [0.1, 0.15) is 24.5 Å². The van der Waals surface area contributed by atoms with Gasteiger partial charge in [0.15, 0.2) is 0 Å². The number of amides is 2. The summed E-state index contributed by atoms with van der Waals surface area (Å²) < 4.78 is 0. The molecule has 8 nitrogen and oxygen atoms in total. The molecule has 2 heterocycles. The Hall–Kier alpha value is -1.71. The van der Waals surface area contributed by atoms with Crippen molar-refractivity contribution in [3.8, 4) is 0 Å². The molecule has 3 atom stereocenters. The van der Waals surface area contributed by atoms with Crippen LogP contribution in [0.5, 0.6) is 0 Å². The van der Waals surface area contributed by atoms with Crippen molar-refractivity contribution in [1.29, 1.82) is 0 Å². The summed E-state index contributed by atoms with van der Waals surface area (Å²) >= 11 is 0. The van der Waals surface area contributed by atoms with E-state index in [-0.39, 0.29) is 24.5 Å². The molecular formula is C17H29N7O. The Labute approximate surface area is 148 Å². The first-order chi connectivity index (χ1) is 12.1. The maximum absolute atomic E-state index is 12.3. The molecule has 3 rings (SSSR count). The Morgan fingerprint density at radius 3 is 3.04 bits per heavy atom. The van der Waals surface area contributed by atoms with E-state index >= 15 is 0 Å². The molecule has 25 heavy (non-hydrogen) atoms. The third-order valence-corrected chi connectivity index (χ3v) is 4.57. The lowest BCUT2D eigenvalue weighted by Gasteiger charge is -2.36. The molecule has 0 bridgehead atoms. The predicted octanol–water partition coefficient (Wildman–Crippen LogP) is -0.417. The SMILES string of the molecule is CC1CC(NCCN)NC(NC(=O)Nc2ccc3c(c2)CCNC3)N1. The molecule has 1 aromatic rings. The van der Waals surface area contributed by atoms with Crippen LogP contribution in [-0.4, -0.2) is 44.2 Å². The summed E-state index contributed by atoms with van der Waals surface area (Å²) in [5.74, 6) is 0. The van der Waals surface area contributed by atoms with Crippen LogP contribution in [0.2, 0.25) is 0 Å². The molecule has 8 N–H and O–H groups in total. The van der Waals surface area contributed by atoms with Gasteiger partial charge in [-0.2, -0.15) is 0 Å². The summed E-state index contributed by atoms with van der Waals surface area (Å²) in [6.07, 6.45) is 1.75. The van der Waals surface area contributed by atoms with E-state index in [2.05, 4.69) is 51.0 Å². The van der Waals surface area contributed by atoms with Gasteiger partial charge in [0.05, 0.1) is 6.17 Å². The van der Waals surface area contributed by atoms with Crippen molar-refractivity contribution in [2.75, 3.05) is 25.0 Å². The second-order valence-electron chi connectivity index (χ2n) is 6.71. The van der Waals surface area contributed by atoms with Gasteiger partial charge in [0.25, 0.3) is 0 Å². The van der Waals surface area contributed by atoms with Gasteiger partial charge in [0.1, 0.15) is 6.29 Å². The predicted molar refractivity (Wildman–Crippen MR) is 99.0 cm³/mol. The highest BCUT2D eigenvalue weighted by Crippen LogP contribution is 2.18. The molecule has 0 spiro atoms. The number of fused-ring (bicyclic) bond motifs is 1. The highest BCUT2D eigenvalue weighted by molar-refractivity contribution is 5.89. The van der Waals surface area contributed by atoms with Crippen molar-refractivity contribution >= 4 is 11.7 Å². The zero-order valence-electron chi connectivity index (χ0n) is 14.7. The van der Waals surface area contributed by atoms with E-state index < -0.39 is 0 Å². The van der Waals surface area contributed by atoms with Gasteiger partial charge >= 0.3 is 6.03 Å². The minimum atomic E-state index is -0.291. The zero-order valence-corrected chi connectivity index (χ0v) is 14.7. The molecule has 0 aromatic heterocycles. The number of hydrogen-bond acceptors (Lipinski definition) is 6. The first kappa shape index (κ1) is 18.1. The van der Waals surface area contributed by atoms with E-state index in [0.717, 1.165) is 38.2 Å². The molecule has 1 aromatic carbocycles. The maximum atomic E-state index is 12.3. The van der Waals surface area contributed by atoms with E-state index in [9.17, 15) is 4.79 Å². The van der Waals surface area contributed by atoms with Crippen molar-refractivity contribution < 1.29 is 4.79 Å². The molecule has 0 saturated carbocycles. The Morgan fingerprint density at radius 2 is 2.20 bits per heavy atom. The lowest BCUT2D eigenvalue weighted by molar-refractivity contribution is 0.194. The molecule has 0 aliphatic carbocycles. The van der Waals surface area contributed by atoms with Crippen LogP contribution in [0.25, 0.3) is 0 Å². The summed E-state index contributed by atoms with van der Waals surface area (Å²) in [6.45, 7) is 5.31. The zero-order chi connectivity index (χ0) is 17.6. The highest BCUT2D eigenvalue weighted by atomic mass is 16.2. The lowest BCUT2D eigenvalue weighted by Crippen LogP contribution is -2.68. The third kappa shape index (κ3) is 5.13. The third-order valence-electron chi connectivity index (χ3n) is 4.57. The minimum absolute atomic E-state index is 0.126. The van der Waals surface area contributed by atoms with Crippen molar-refractivity contribution in [3.63, 3.8) is 0 Å². The van der Waals surface area contributed by atoms with Crippen molar-refractivity contribution in [3.05, 3.63) is 29.3 Å². The first-order valence-electron chi connectivity index (χ1n) is 8.99. The van der Waals surface area contributed by atoms with Gasteiger partial charge in [0.2, 0.25) is 0 Å². The number of benzene rings is 1. The number of nitrogens with one attached hydrogen (secondary N) is 6. The van der Waals surface area contributed by atoms with Crippen LogP contribution in [0, 0.1) is 0 Å². The average molecular weight is 347 g/mol. The van der Waals surface area contributed by atoms with Crippen LogP contribution in [0.3, 0.4) is 0 Å². The first-order valence-corrected chi connectivity index (χ1v) is 8.99. The van der Waals surface area contributed by atoms with Crippen LogP contribution in [0.15, 0.2) is 18.2 Å². The van der Waals surface area contributed by atoms with Crippen LogP contribution >= 0.6 is 0 Å². The number of hydrogen-bond donors (Lipinski definition) is 7. The van der Waals surface area contributed by atoms with E-state index in [1.165, 1.54) is 11.1 Å². The molecule has 0 radical (unpaired) electrons. The quantitative estimate of drug-likeness (QED) is 0.389. The highest BCUT2D eigenvalue weighted by Gasteiger charge is 2.25. The average Bonchev–Trinajstić information content (AvgIpc) is 2.59. The monoisotopic (exact) mass is 347 g/mol. The number of urea groups is 1. The Balaban J connectivity index is 1.53. The van der Waals surface area contributed by atoms with Crippen molar-refractivity contribution in [2.24, 2.45) is 5.73 Å². The Morgan fingerprint density at radius 1 is 1.32 bits per heavy atom. The summed E-state index contributed by atoms with van der Waals surface area (Å²) in [5, 5.41) is 19.2. The molecule has 3 unspecified atom stereocenters. The van der Waals surface area contributed by atoms with E-state index in [1.54, 1.807) is 0 Å². The smallest absolute Gasteiger partial charge is 0.321 e. The molecule has 138 valence electrons. The number of carbonyl (C=O) groups is 1. The standard InChI is InChI=1S/C17H29N7O/c1-11-8-15(20-7-5-18)23-16(21-11)24-17(25)22-14-3-2-13-10-19-6-4-12(13)9-14/h2-3,9,11,15-16,19-21,23H,4-8,10,18H2,1H3,(H2,22,24,25). The van der Waals surface area contributed by atoms with Crippen molar-refractivity contribution in [2.45, 2.75) is 44.8 Å². The van der Waals surface area contributed by atoms with Gasteiger partial charge in [-0.1, -0.05) is 6.07 Å². The molecule has 2 aliphatic heterocycles. The molecule has 2 aliphatic rings. The largest absolute Gasteiger partial charge is 0.329 e. The topological polar surface area (TPSA) is 115 Å². The number of carbonyl (C=O) groups excluding carboxylic acids is 1. The summed E-state index contributed by atoms with van der Waals surface area (Å²) in [6, 6.07) is 6.14. The number of rotatable bonds is 5. The molecular weight excluding hydrogens is 318 g/mol. The van der Waals surface area contributed by atoms with E-state index in [4.69, 9.17) is 5.73 Å². The fourth-order valence-electron chi connectivity index (χ4n) is 3.36.